The summed E-state index contributed by atoms with van der Waals surface area (Å²) in [6, 6.07) is 12.1. The number of amides is 3. The van der Waals surface area contributed by atoms with Crippen LogP contribution >= 0.6 is 0 Å². The van der Waals surface area contributed by atoms with Crippen LogP contribution in [-0.4, -0.2) is 58.6 Å². The van der Waals surface area contributed by atoms with E-state index in [2.05, 4.69) is 16.0 Å². The Balaban J connectivity index is 2.01. The molecule has 0 fully saturated rings. The number of carbonyl (C=O) groups excluding carboxylic acids is 3. The van der Waals surface area contributed by atoms with Gasteiger partial charge in [-0.15, -0.1) is 0 Å². The van der Waals surface area contributed by atoms with Crippen LogP contribution in [0.15, 0.2) is 54.6 Å². The molecule has 188 valence electrons. The molecule has 35 heavy (non-hydrogen) atoms. The molecule has 0 aromatic heterocycles. The average molecular weight is 485 g/mol. The smallest absolute Gasteiger partial charge is 0.326 e. The average Bonchev–Trinajstić information content (AvgIpc) is 2.81. The van der Waals surface area contributed by atoms with Crippen molar-refractivity contribution in [1.82, 2.24) is 16.0 Å². The first-order valence-electron chi connectivity index (χ1n) is 11.2. The van der Waals surface area contributed by atoms with E-state index in [1.807, 2.05) is 30.3 Å². The van der Waals surface area contributed by atoms with Crippen molar-refractivity contribution >= 4 is 23.7 Å². The maximum atomic E-state index is 12.9. The third-order valence-electron chi connectivity index (χ3n) is 5.32. The minimum atomic E-state index is -1.19. The lowest BCUT2D eigenvalue weighted by molar-refractivity contribution is -0.143. The highest BCUT2D eigenvalue weighted by Gasteiger charge is 2.29. The molecule has 0 bridgehead atoms. The molecule has 0 heterocycles. The third kappa shape index (κ3) is 9.09. The van der Waals surface area contributed by atoms with Crippen LogP contribution in [0.2, 0.25) is 0 Å². The van der Waals surface area contributed by atoms with Gasteiger partial charge in [0.2, 0.25) is 17.7 Å². The number of benzene rings is 2. The number of aliphatic carboxylic acids is 1. The summed E-state index contributed by atoms with van der Waals surface area (Å²) < 4.78 is 0. The highest BCUT2D eigenvalue weighted by atomic mass is 16.4. The van der Waals surface area contributed by atoms with Crippen LogP contribution in [0.3, 0.4) is 0 Å². The summed E-state index contributed by atoms with van der Waals surface area (Å²) in [4.78, 5) is 49.2. The van der Waals surface area contributed by atoms with Crippen molar-refractivity contribution in [1.29, 1.82) is 0 Å². The maximum Gasteiger partial charge on any atom is 0.326 e. The number of phenolic OH excluding ortho intramolecular Hbond substituents is 1. The summed E-state index contributed by atoms with van der Waals surface area (Å²) in [6.07, 6.45) is 0.343. The minimum Gasteiger partial charge on any atom is -0.508 e. The first-order chi connectivity index (χ1) is 16.6. The van der Waals surface area contributed by atoms with Gasteiger partial charge in [0, 0.05) is 6.42 Å². The topological polar surface area (TPSA) is 171 Å². The van der Waals surface area contributed by atoms with Crippen LogP contribution in [-0.2, 0) is 32.0 Å². The van der Waals surface area contributed by atoms with Gasteiger partial charge in [0.1, 0.15) is 17.8 Å². The lowest BCUT2D eigenvalue weighted by Crippen LogP contribution is -2.55. The zero-order valence-electron chi connectivity index (χ0n) is 19.7. The molecule has 7 N–H and O–H groups in total. The summed E-state index contributed by atoms with van der Waals surface area (Å²) in [5, 5.41) is 26.3. The van der Waals surface area contributed by atoms with Crippen LogP contribution in [0, 0.1) is 5.92 Å². The second-order valence-electron chi connectivity index (χ2n) is 8.57. The molecule has 10 heteroatoms. The van der Waals surface area contributed by atoms with Gasteiger partial charge in [-0.3, -0.25) is 14.4 Å². The van der Waals surface area contributed by atoms with Crippen molar-refractivity contribution in [3.05, 3.63) is 65.7 Å². The molecular weight excluding hydrogens is 452 g/mol. The molecule has 0 saturated carbocycles. The summed E-state index contributed by atoms with van der Waals surface area (Å²) in [5.41, 5.74) is 7.44. The maximum absolute atomic E-state index is 12.9. The molecule has 0 saturated heterocycles. The van der Waals surface area contributed by atoms with Crippen LogP contribution < -0.4 is 21.7 Å². The number of aromatic hydroxyl groups is 1. The lowest BCUT2D eigenvalue weighted by atomic mass is 10.0. The van der Waals surface area contributed by atoms with Crippen LogP contribution in [0.5, 0.6) is 5.75 Å². The second-order valence-corrected chi connectivity index (χ2v) is 8.57. The molecule has 0 radical (unpaired) electrons. The van der Waals surface area contributed by atoms with Crippen molar-refractivity contribution in [3.63, 3.8) is 0 Å². The fourth-order valence-corrected chi connectivity index (χ4v) is 3.35. The van der Waals surface area contributed by atoms with Gasteiger partial charge in [0.15, 0.2) is 0 Å². The Morgan fingerprint density at radius 3 is 2.03 bits per heavy atom. The molecule has 2 aromatic rings. The summed E-state index contributed by atoms with van der Waals surface area (Å²) in [7, 11) is 0. The molecular formula is C25H32N4O6. The van der Waals surface area contributed by atoms with Crippen molar-refractivity contribution in [2.24, 2.45) is 11.7 Å². The van der Waals surface area contributed by atoms with Crippen molar-refractivity contribution in [3.8, 4) is 5.75 Å². The first-order valence-corrected chi connectivity index (χ1v) is 11.2. The number of rotatable bonds is 12. The van der Waals surface area contributed by atoms with E-state index < -0.39 is 48.4 Å². The molecule has 3 unspecified atom stereocenters. The van der Waals surface area contributed by atoms with E-state index in [4.69, 9.17) is 5.73 Å². The number of hydrogen-bond acceptors (Lipinski definition) is 6. The van der Waals surface area contributed by atoms with Gasteiger partial charge in [-0.2, -0.15) is 0 Å². The van der Waals surface area contributed by atoms with E-state index >= 15 is 0 Å². The van der Waals surface area contributed by atoms with Crippen molar-refractivity contribution in [2.75, 3.05) is 6.54 Å². The molecule has 3 amide bonds. The van der Waals surface area contributed by atoms with E-state index in [1.165, 1.54) is 12.1 Å². The fourth-order valence-electron chi connectivity index (χ4n) is 3.35. The zero-order valence-corrected chi connectivity index (χ0v) is 19.7. The Labute approximate surface area is 203 Å². The predicted molar refractivity (Wildman–Crippen MR) is 129 cm³/mol. The number of nitrogens with one attached hydrogen (secondary N) is 3. The molecule has 3 atom stereocenters. The molecule has 0 aliphatic rings. The Morgan fingerprint density at radius 2 is 1.46 bits per heavy atom. The normalized spacial score (nSPS) is 13.4. The van der Waals surface area contributed by atoms with E-state index in [0.717, 1.165) is 5.56 Å². The molecule has 2 aromatic carbocycles. The number of carboxylic acid groups (broad SMARTS) is 1. The van der Waals surface area contributed by atoms with Gasteiger partial charge in [0.05, 0.1) is 12.6 Å². The number of carboxylic acids is 1. The van der Waals surface area contributed by atoms with E-state index in [9.17, 15) is 29.4 Å². The minimum absolute atomic E-state index is 0.0408. The molecule has 0 spiro atoms. The number of nitrogens with two attached hydrogens (primary N) is 1. The number of carbonyl (C=O) groups is 4. The highest BCUT2D eigenvalue weighted by molar-refractivity contribution is 5.92. The summed E-state index contributed by atoms with van der Waals surface area (Å²) in [5.74, 6) is -3.37. The van der Waals surface area contributed by atoms with Gasteiger partial charge in [-0.25, -0.2) is 4.79 Å². The quantitative estimate of drug-likeness (QED) is 0.252. The molecule has 2 rings (SSSR count). The van der Waals surface area contributed by atoms with Gasteiger partial charge in [-0.1, -0.05) is 56.3 Å². The Hall–Kier alpha value is -3.92. The Kier molecular flexibility index (Phi) is 10.2. The van der Waals surface area contributed by atoms with Crippen molar-refractivity contribution < 1.29 is 29.4 Å². The predicted octanol–water partition coefficient (Wildman–Crippen LogP) is 0.331. The first kappa shape index (κ1) is 27.3. The van der Waals surface area contributed by atoms with Crippen LogP contribution in [0.25, 0.3) is 0 Å². The standard InChI is InChI=1S/C25H32N4O6/c1-15(2)22(25(34)35)29-24(33)20(13-17-8-10-18(30)11-9-17)28-21(31)14-27-23(32)19(26)12-16-6-4-3-5-7-16/h3-11,15,19-20,22,30H,12-14,26H2,1-2H3,(H,27,32)(H,28,31)(H,29,33)(H,34,35). The molecule has 0 aliphatic carbocycles. The van der Waals surface area contributed by atoms with E-state index in [-0.39, 0.29) is 18.1 Å². The number of phenols is 1. The SMILES string of the molecule is CC(C)C(NC(=O)C(Cc1ccc(O)cc1)NC(=O)CNC(=O)C(N)Cc1ccccc1)C(=O)O. The molecule has 10 nitrogen and oxygen atoms in total. The highest BCUT2D eigenvalue weighted by Crippen LogP contribution is 2.12. The largest absolute Gasteiger partial charge is 0.508 e. The van der Waals surface area contributed by atoms with Crippen molar-refractivity contribution in [2.45, 2.75) is 44.8 Å². The van der Waals surface area contributed by atoms with Gasteiger partial charge in [0.25, 0.3) is 0 Å². The second kappa shape index (κ2) is 13.1. The van der Waals surface area contributed by atoms with Crippen LogP contribution in [0.1, 0.15) is 25.0 Å². The van der Waals surface area contributed by atoms with E-state index in [0.29, 0.717) is 12.0 Å². The van der Waals surface area contributed by atoms with Crippen LogP contribution in [0.4, 0.5) is 0 Å². The van der Waals surface area contributed by atoms with Gasteiger partial charge in [-0.05, 0) is 35.6 Å². The monoisotopic (exact) mass is 484 g/mol. The lowest BCUT2D eigenvalue weighted by Gasteiger charge is -2.23. The van der Waals surface area contributed by atoms with E-state index in [1.54, 1.807) is 26.0 Å². The summed E-state index contributed by atoms with van der Waals surface area (Å²) >= 11 is 0. The zero-order chi connectivity index (χ0) is 26.0. The van der Waals surface area contributed by atoms with Gasteiger partial charge >= 0.3 is 5.97 Å². The Morgan fingerprint density at radius 1 is 0.857 bits per heavy atom. The summed E-state index contributed by atoms with van der Waals surface area (Å²) in [6.45, 7) is 2.90. The molecule has 0 aliphatic heterocycles. The third-order valence-corrected chi connectivity index (χ3v) is 5.32. The van der Waals surface area contributed by atoms with Gasteiger partial charge < -0.3 is 31.9 Å². The Bertz CT molecular complexity index is 1010. The fraction of sp³-hybridized carbons (Fsp3) is 0.360. The number of hydrogen-bond donors (Lipinski definition) is 6.